The first-order valence-electron chi connectivity index (χ1n) is 7.28. The lowest BCUT2D eigenvalue weighted by Gasteiger charge is -2.22. The van der Waals surface area contributed by atoms with Crippen LogP contribution >= 0.6 is 11.8 Å². The van der Waals surface area contributed by atoms with Crippen LogP contribution in [-0.4, -0.2) is 25.0 Å². The summed E-state index contributed by atoms with van der Waals surface area (Å²) in [6.45, 7) is 8.39. The van der Waals surface area contributed by atoms with Crippen LogP contribution in [0.1, 0.15) is 32.3 Å². The highest BCUT2D eigenvalue weighted by Crippen LogP contribution is 2.31. The van der Waals surface area contributed by atoms with Gasteiger partial charge in [-0.1, -0.05) is 32.0 Å². The molecule has 0 aromatic heterocycles. The fourth-order valence-corrected chi connectivity index (χ4v) is 3.47. The minimum Gasteiger partial charge on any atom is -0.381 e. The molecule has 0 atom stereocenters. The van der Waals surface area contributed by atoms with Crippen molar-refractivity contribution in [2.75, 3.05) is 19.8 Å². The van der Waals surface area contributed by atoms with E-state index in [1.54, 1.807) is 0 Å². The zero-order valence-electron chi connectivity index (χ0n) is 12.0. The molecule has 1 fully saturated rings. The molecule has 0 amide bonds. The third kappa shape index (κ3) is 5.17. The first-order chi connectivity index (χ1) is 9.25. The van der Waals surface area contributed by atoms with E-state index in [1.165, 1.54) is 23.3 Å². The van der Waals surface area contributed by atoms with Gasteiger partial charge in [0.1, 0.15) is 0 Å². The second-order valence-electron chi connectivity index (χ2n) is 5.56. The number of ether oxygens (including phenoxy) is 1. The van der Waals surface area contributed by atoms with Crippen LogP contribution in [0.3, 0.4) is 0 Å². The standard InChI is InChI=1S/C16H25NOS/c1-13(2)11-17-12-14-5-3-4-6-16(14)19-15-7-9-18-10-8-15/h3-6,13,15,17H,7-12H2,1-2H3. The van der Waals surface area contributed by atoms with E-state index in [9.17, 15) is 0 Å². The predicted molar refractivity (Wildman–Crippen MR) is 82.7 cm³/mol. The van der Waals surface area contributed by atoms with Crippen molar-refractivity contribution in [3.63, 3.8) is 0 Å². The van der Waals surface area contributed by atoms with Crippen molar-refractivity contribution in [1.82, 2.24) is 5.32 Å². The SMILES string of the molecule is CC(C)CNCc1ccccc1SC1CCOCC1. The molecule has 1 saturated heterocycles. The second kappa shape index (κ2) is 7.93. The molecule has 1 aromatic carbocycles. The number of nitrogens with one attached hydrogen (secondary N) is 1. The predicted octanol–water partition coefficient (Wildman–Crippen LogP) is 3.70. The van der Waals surface area contributed by atoms with Crippen molar-refractivity contribution >= 4 is 11.8 Å². The van der Waals surface area contributed by atoms with Crippen molar-refractivity contribution in [2.45, 2.75) is 43.4 Å². The van der Waals surface area contributed by atoms with Gasteiger partial charge in [0, 0.05) is 29.9 Å². The molecule has 3 heteroatoms. The van der Waals surface area contributed by atoms with Crippen LogP contribution in [-0.2, 0) is 11.3 Å². The van der Waals surface area contributed by atoms with E-state index < -0.39 is 0 Å². The molecule has 0 unspecified atom stereocenters. The fourth-order valence-electron chi connectivity index (χ4n) is 2.23. The number of hydrogen-bond acceptors (Lipinski definition) is 3. The normalized spacial score (nSPS) is 17.0. The molecule has 0 saturated carbocycles. The average molecular weight is 279 g/mol. The summed E-state index contributed by atoms with van der Waals surface area (Å²) in [4.78, 5) is 1.44. The molecule has 1 N–H and O–H groups in total. The summed E-state index contributed by atoms with van der Waals surface area (Å²) in [5.41, 5.74) is 1.43. The van der Waals surface area contributed by atoms with Gasteiger partial charge in [0.25, 0.3) is 0 Å². The van der Waals surface area contributed by atoms with E-state index in [4.69, 9.17) is 4.74 Å². The van der Waals surface area contributed by atoms with Crippen molar-refractivity contribution in [1.29, 1.82) is 0 Å². The van der Waals surface area contributed by atoms with Gasteiger partial charge in [-0.25, -0.2) is 0 Å². The Morgan fingerprint density at radius 1 is 1.26 bits per heavy atom. The maximum Gasteiger partial charge on any atom is 0.0476 e. The van der Waals surface area contributed by atoms with E-state index in [1.807, 2.05) is 11.8 Å². The number of hydrogen-bond donors (Lipinski definition) is 1. The largest absolute Gasteiger partial charge is 0.381 e. The van der Waals surface area contributed by atoms with E-state index in [2.05, 4.69) is 43.4 Å². The fraction of sp³-hybridized carbons (Fsp3) is 0.625. The Morgan fingerprint density at radius 2 is 2.00 bits per heavy atom. The van der Waals surface area contributed by atoms with Crippen LogP contribution in [0.4, 0.5) is 0 Å². The minimum absolute atomic E-state index is 0.704. The molecule has 0 bridgehead atoms. The van der Waals surface area contributed by atoms with Crippen LogP contribution in [0.5, 0.6) is 0 Å². The Hall–Kier alpha value is -0.510. The summed E-state index contributed by atoms with van der Waals surface area (Å²) >= 11 is 2.03. The highest BCUT2D eigenvalue weighted by atomic mass is 32.2. The lowest BCUT2D eigenvalue weighted by molar-refractivity contribution is 0.1000. The first-order valence-corrected chi connectivity index (χ1v) is 8.16. The number of thioether (sulfide) groups is 1. The topological polar surface area (TPSA) is 21.3 Å². The monoisotopic (exact) mass is 279 g/mol. The Morgan fingerprint density at radius 3 is 2.74 bits per heavy atom. The van der Waals surface area contributed by atoms with Crippen LogP contribution in [0, 0.1) is 5.92 Å². The lowest BCUT2D eigenvalue weighted by atomic mass is 10.2. The van der Waals surface area contributed by atoms with E-state index in [0.29, 0.717) is 5.92 Å². The summed E-state index contributed by atoms with van der Waals surface area (Å²) in [6, 6.07) is 8.79. The maximum atomic E-state index is 5.43. The minimum atomic E-state index is 0.704. The third-order valence-corrected chi connectivity index (χ3v) is 4.76. The molecule has 0 aliphatic carbocycles. The maximum absolute atomic E-state index is 5.43. The van der Waals surface area contributed by atoms with Crippen LogP contribution in [0.25, 0.3) is 0 Å². The van der Waals surface area contributed by atoms with Crippen LogP contribution in [0.15, 0.2) is 29.2 Å². The quantitative estimate of drug-likeness (QED) is 0.858. The van der Waals surface area contributed by atoms with Gasteiger partial charge in [0.2, 0.25) is 0 Å². The van der Waals surface area contributed by atoms with E-state index in [-0.39, 0.29) is 0 Å². The molecule has 1 aliphatic rings. The lowest BCUT2D eigenvalue weighted by Crippen LogP contribution is -2.20. The molecule has 1 aromatic rings. The van der Waals surface area contributed by atoms with Gasteiger partial charge in [0.05, 0.1) is 0 Å². The Bertz CT molecular complexity index is 375. The number of benzene rings is 1. The Labute approximate surface area is 121 Å². The molecule has 0 spiro atoms. The summed E-state index contributed by atoms with van der Waals surface area (Å²) in [5, 5.41) is 4.26. The summed E-state index contributed by atoms with van der Waals surface area (Å²) in [7, 11) is 0. The highest BCUT2D eigenvalue weighted by molar-refractivity contribution is 8.00. The van der Waals surface area contributed by atoms with Crippen molar-refractivity contribution in [3.8, 4) is 0 Å². The molecule has 1 aliphatic heterocycles. The molecular weight excluding hydrogens is 254 g/mol. The Kier molecular flexibility index (Phi) is 6.21. The van der Waals surface area contributed by atoms with E-state index >= 15 is 0 Å². The van der Waals surface area contributed by atoms with Gasteiger partial charge in [-0.2, -0.15) is 0 Å². The summed E-state index contributed by atoms with van der Waals surface area (Å²) < 4.78 is 5.43. The number of rotatable bonds is 6. The summed E-state index contributed by atoms with van der Waals surface area (Å²) in [5.74, 6) is 0.704. The van der Waals surface area contributed by atoms with Crippen LogP contribution in [0.2, 0.25) is 0 Å². The van der Waals surface area contributed by atoms with E-state index in [0.717, 1.165) is 31.6 Å². The van der Waals surface area contributed by atoms with Crippen molar-refractivity contribution < 1.29 is 4.74 Å². The molecule has 1 heterocycles. The molecule has 2 nitrogen and oxygen atoms in total. The molecular formula is C16H25NOS. The smallest absolute Gasteiger partial charge is 0.0476 e. The van der Waals surface area contributed by atoms with Gasteiger partial charge in [-0.15, -0.1) is 11.8 Å². The van der Waals surface area contributed by atoms with Crippen molar-refractivity contribution in [3.05, 3.63) is 29.8 Å². The molecule has 2 rings (SSSR count). The van der Waals surface area contributed by atoms with Gasteiger partial charge < -0.3 is 10.1 Å². The van der Waals surface area contributed by atoms with Crippen molar-refractivity contribution in [2.24, 2.45) is 5.92 Å². The molecule has 106 valence electrons. The highest BCUT2D eigenvalue weighted by Gasteiger charge is 2.16. The average Bonchev–Trinajstić information content (AvgIpc) is 2.41. The second-order valence-corrected chi connectivity index (χ2v) is 6.90. The first kappa shape index (κ1) is 14.9. The third-order valence-electron chi connectivity index (χ3n) is 3.30. The van der Waals surface area contributed by atoms with Gasteiger partial charge in [-0.05, 0) is 36.9 Å². The molecule has 19 heavy (non-hydrogen) atoms. The zero-order chi connectivity index (χ0) is 13.5. The van der Waals surface area contributed by atoms with Gasteiger partial charge >= 0.3 is 0 Å². The zero-order valence-corrected chi connectivity index (χ0v) is 12.8. The van der Waals surface area contributed by atoms with Gasteiger partial charge in [-0.3, -0.25) is 0 Å². The van der Waals surface area contributed by atoms with Gasteiger partial charge in [0.15, 0.2) is 0 Å². The summed E-state index contributed by atoms with van der Waals surface area (Å²) in [6.07, 6.45) is 2.36. The van der Waals surface area contributed by atoms with Crippen LogP contribution < -0.4 is 5.32 Å². The molecule has 0 radical (unpaired) electrons. The Balaban J connectivity index is 1.91.